The lowest BCUT2D eigenvalue weighted by atomic mass is 9.87. The van der Waals surface area contributed by atoms with Crippen molar-refractivity contribution in [3.05, 3.63) is 89.2 Å². The van der Waals surface area contributed by atoms with Crippen molar-refractivity contribution in [2.24, 2.45) is 5.92 Å². The zero-order valence-electron chi connectivity index (χ0n) is 22.5. The number of anilines is 1. The second kappa shape index (κ2) is 11.9. The van der Waals surface area contributed by atoms with Crippen molar-refractivity contribution in [3.8, 4) is 11.5 Å². The van der Waals surface area contributed by atoms with Gasteiger partial charge in [0.25, 0.3) is 5.91 Å². The molecule has 0 radical (unpaired) electrons. The minimum absolute atomic E-state index is 0.0417. The fraction of sp³-hybridized carbons (Fsp3) is 0.375. The van der Waals surface area contributed by atoms with Gasteiger partial charge in [0.05, 0.1) is 13.2 Å². The summed E-state index contributed by atoms with van der Waals surface area (Å²) in [5.74, 6) is 0.932. The summed E-state index contributed by atoms with van der Waals surface area (Å²) in [6, 6.07) is 19.1. The molecule has 7 heteroatoms. The number of hydrogen-bond donors (Lipinski definition) is 1. The van der Waals surface area contributed by atoms with Gasteiger partial charge >= 0.3 is 0 Å². The van der Waals surface area contributed by atoms with Crippen LogP contribution in [0.2, 0.25) is 0 Å². The molecule has 1 fully saturated rings. The van der Waals surface area contributed by atoms with Gasteiger partial charge in [-0.1, -0.05) is 38.0 Å². The van der Waals surface area contributed by atoms with Crippen LogP contribution in [0.4, 0.5) is 10.1 Å². The van der Waals surface area contributed by atoms with Crippen LogP contribution < -0.4 is 14.8 Å². The molecular weight excluding hydrogens is 495 g/mol. The molecule has 0 saturated heterocycles. The third-order valence-corrected chi connectivity index (χ3v) is 7.82. The summed E-state index contributed by atoms with van der Waals surface area (Å²) < 4.78 is 25.2. The smallest absolute Gasteiger partial charge is 0.265 e. The Morgan fingerprint density at radius 3 is 2.36 bits per heavy atom. The molecule has 0 bridgehead atoms. The molecule has 5 rings (SSSR count). The van der Waals surface area contributed by atoms with Gasteiger partial charge in [-0.05, 0) is 90.9 Å². The summed E-state index contributed by atoms with van der Waals surface area (Å²) in [6.45, 7) is 2.52. The van der Waals surface area contributed by atoms with E-state index < -0.39 is 6.10 Å². The van der Waals surface area contributed by atoms with Gasteiger partial charge in [0.2, 0.25) is 5.91 Å². The molecule has 1 N–H and O–H groups in total. The minimum Gasteiger partial charge on any atom is -0.497 e. The number of fused-ring (bicyclic) bond motifs is 1. The van der Waals surface area contributed by atoms with Gasteiger partial charge in [-0.15, -0.1) is 0 Å². The molecule has 2 unspecified atom stereocenters. The lowest BCUT2D eigenvalue weighted by Crippen LogP contribution is -2.43. The molecule has 3 aromatic rings. The Morgan fingerprint density at radius 1 is 1.00 bits per heavy atom. The number of hydrogen-bond acceptors (Lipinski definition) is 4. The molecule has 6 nitrogen and oxygen atoms in total. The van der Waals surface area contributed by atoms with E-state index in [9.17, 15) is 14.0 Å². The second-order valence-electron chi connectivity index (χ2n) is 10.3. The van der Waals surface area contributed by atoms with E-state index >= 15 is 0 Å². The molecule has 0 aromatic heterocycles. The quantitative estimate of drug-likeness (QED) is 0.371. The Kier molecular flexibility index (Phi) is 8.15. The SMILES string of the molecule is CCC(Oc1ccc2c(c1)C(c1ccc(F)cc1)N(C(=O)C1CCCC1)CC2)C(=O)Nc1ccc(OC)cc1. The lowest BCUT2D eigenvalue weighted by molar-refractivity contribution is -0.137. The molecule has 204 valence electrons. The fourth-order valence-electron chi connectivity index (χ4n) is 5.70. The Balaban J connectivity index is 1.41. The van der Waals surface area contributed by atoms with E-state index in [1.54, 1.807) is 43.5 Å². The Morgan fingerprint density at radius 2 is 1.69 bits per heavy atom. The highest BCUT2D eigenvalue weighted by molar-refractivity contribution is 5.94. The highest BCUT2D eigenvalue weighted by atomic mass is 19.1. The second-order valence-corrected chi connectivity index (χ2v) is 10.3. The minimum atomic E-state index is -0.700. The molecule has 39 heavy (non-hydrogen) atoms. The van der Waals surface area contributed by atoms with Gasteiger partial charge in [-0.25, -0.2) is 4.39 Å². The van der Waals surface area contributed by atoms with Gasteiger partial charge in [0.15, 0.2) is 6.10 Å². The third-order valence-electron chi connectivity index (χ3n) is 7.82. The monoisotopic (exact) mass is 530 g/mol. The van der Waals surface area contributed by atoms with Crippen LogP contribution in [-0.2, 0) is 16.0 Å². The van der Waals surface area contributed by atoms with Crippen LogP contribution >= 0.6 is 0 Å². The zero-order chi connectivity index (χ0) is 27.4. The van der Waals surface area contributed by atoms with Crippen molar-refractivity contribution in [2.75, 3.05) is 19.0 Å². The molecule has 2 amide bonds. The van der Waals surface area contributed by atoms with Gasteiger partial charge < -0.3 is 19.7 Å². The third kappa shape index (κ3) is 5.92. The standard InChI is InChI=1S/C32H35FN2O4/c1-3-29(31(36)34-25-13-16-26(38-2)17-14-25)39-27-15-10-21-18-19-35(32(37)23-6-4-5-7-23)30(28(21)20-27)22-8-11-24(33)12-9-22/h8-17,20,23,29-30H,3-7,18-19H2,1-2H3,(H,34,36). The Bertz CT molecular complexity index is 1300. The first-order chi connectivity index (χ1) is 19.0. The highest BCUT2D eigenvalue weighted by Crippen LogP contribution is 2.40. The molecule has 2 atom stereocenters. The number of ether oxygens (including phenoxy) is 2. The normalized spacial score (nSPS) is 17.8. The first-order valence-corrected chi connectivity index (χ1v) is 13.8. The number of carbonyl (C=O) groups excluding carboxylic acids is 2. The van der Waals surface area contributed by atoms with Crippen LogP contribution in [-0.4, -0.2) is 36.5 Å². The number of rotatable bonds is 8. The number of amides is 2. The van der Waals surface area contributed by atoms with Gasteiger partial charge in [0, 0.05) is 18.2 Å². The maximum Gasteiger partial charge on any atom is 0.265 e. The van der Waals surface area contributed by atoms with Crippen LogP contribution in [0, 0.1) is 11.7 Å². The number of halogens is 1. The van der Waals surface area contributed by atoms with Crippen molar-refractivity contribution < 1.29 is 23.5 Å². The average Bonchev–Trinajstić information content (AvgIpc) is 3.51. The van der Waals surface area contributed by atoms with Crippen LogP contribution in [0.15, 0.2) is 66.7 Å². The number of nitrogens with one attached hydrogen (secondary N) is 1. The van der Waals surface area contributed by atoms with Crippen LogP contribution in [0.5, 0.6) is 11.5 Å². The van der Waals surface area contributed by atoms with E-state index in [1.165, 1.54) is 12.1 Å². The van der Waals surface area contributed by atoms with E-state index in [4.69, 9.17) is 9.47 Å². The molecule has 1 saturated carbocycles. The predicted molar refractivity (Wildman–Crippen MR) is 148 cm³/mol. The molecule has 1 heterocycles. The number of benzene rings is 3. The first-order valence-electron chi connectivity index (χ1n) is 13.8. The molecule has 1 aliphatic carbocycles. The van der Waals surface area contributed by atoms with Crippen molar-refractivity contribution in [1.82, 2.24) is 4.90 Å². The van der Waals surface area contributed by atoms with Gasteiger partial charge in [-0.3, -0.25) is 9.59 Å². The van der Waals surface area contributed by atoms with Crippen LogP contribution in [0.1, 0.15) is 61.8 Å². The summed E-state index contributed by atoms with van der Waals surface area (Å²) in [5, 5.41) is 2.91. The predicted octanol–water partition coefficient (Wildman–Crippen LogP) is 6.29. The van der Waals surface area contributed by atoms with Crippen molar-refractivity contribution in [1.29, 1.82) is 0 Å². The summed E-state index contributed by atoms with van der Waals surface area (Å²) in [6.07, 6.45) is 4.52. The lowest BCUT2D eigenvalue weighted by Gasteiger charge is -2.39. The van der Waals surface area contributed by atoms with Crippen LogP contribution in [0.25, 0.3) is 0 Å². The van der Waals surface area contributed by atoms with E-state index in [1.807, 2.05) is 30.0 Å². The van der Waals surface area contributed by atoms with E-state index in [2.05, 4.69) is 5.32 Å². The largest absolute Gasteiger partial charge is 0.497 e. The molecular formula is C32H35FN2O4. The maximum atomic E-state index is 13.8. The fourth-order valence-corrected chi connectivity index (χ4v) is 5.70. The highest BCUT2D eigenvalue weighted by Gasteiger charge is 2.36. The maximum absolute atomic E-state index is 13.8. The van der Waals surface area contributed by atoms with Crippen molar-refractivity contribution in [2.45, 2.75) is 57.6 Å². The van der Waals surface area contributed by atoms with E-state index in [0.29, 0.717) is 30.2 Å². The van der Waals surface area contributed by atoms with Gasteiger partial charge in [-0.2, -0.15) is 0 Å². The van der Waals surface area contributed by atoms with E-state index in [0.717, 1.165) is 48.8 Å². The molecule has 2 aliphatic rings. The van der Waals surface area contributed by atoms with Crippen LogP contribution in [0.3, 0.4) is 0 Å². The number of methoxy groups -OCH3 is 1. The zero-order valence-corrected chi connectivity index (χ0v) is 22.5. The molecule has 1 aliphatic heterocycles. The molecule has 3 aromatic carbocycles. The van der Waals surface area contributed by atoms with Gasteiger partial charge in [0.1, 0.15) is 17.3 Å². The topological polar surface area (TPSA) is 67.9 Å². The average molecular weight is 531 g/mol. The summed E-state index contributed by atoms with van der Waals surface area (Å²) >= 11 is 0. The summed E-state index contributed by atoms with van der Waals surface area (Å²) in [5.41, 5.74) is 3.61. The Labute approximate surface area is 229 Å². The summed E-state index contributed by atoms with van der Waals surface area (Å²) in [4.78, 5) is 28.6. The van der Waals surface area contributed by atoms with E-state index in [-0.39, 0.29) is 29.6 Å². The number of carbonyl (C=O) groups is 2. The Hall–Kier alpha value is -3.87. The summed E-state index contributed by atoms with van der Waals surface area (Å²) in [7, 11) is 1.59. The number of nitrogens with zero attached hydrogens (tertiary/aromatic N) is 1. The van der Waals surface area contributed by atoms with Crippen molar-refractivity contribution in [3.63, 3.8) is 0 Å². The first kappa shape index (κ1) is 26.7. The van der Waals surface area contributed by atoms with Crippen molar-refractivity contribution >= 4 is 17.5 Å². The molecule has 0 spiro atoms.